The van der Waals surface area contributed by atoms with Crippen molar-refractivity contribution in [2.75, 3.05) is 0 Å². The highest BCUT2D eigenvalue weighted by Crippen LogP contribution is 2.44. The van der Waals surface area contributed by atoms with E-state index in [4.69, 9.17) is 24.3 Å². The van der Waals surface area contributed by atoms with Gasteiger partial charge in [0.1, 0.15) is 10.0 Å². The number of pyridine rings is 2. The van der Waals surface area contributed by atoms with Gasteiger partial charge in [0.2, 0.25) is 0 Å². The van der Waals surface area contributed by atoms with Crippen molar-refractivity contribution in [3.8, 4) is 54.8 Å². The summed E-state index contributed by atoms with van der Waals surface area (Å²) in [7, 11) is -0.379. The van der Waals surface area contributed by atoms with Gasteiger partial charge < -0.3 is 9.31 Å². The lowest BCUT2D eigenvalue weighted by atomic mass is 9.78. The Morgan fingerprint density at radius 1 is 0.292 bits per heavy atom. The molecule has 0 unspecified atom stereocenters. The largest absolute Gasteiger partial charge is 0.494 e. The van der Waals surface area contributed by atoms with Gasteiger partial charge in [0, 0.05) is 59.0 Å². The van der Waals surface area contributed by atoms with Crippen molar-refractivity contribution in [2.45, 2.75) is 38.9 Å². The molecule has 5 heterocycles. The Balaban J connectivity index is 0.000000119. The second-order valence-corrected chi connectivity index (χ2v) is 28.5. The predicted octanol–water partition coefficient (Wildman–Crippen LogP) is 23.7. The van der Waals surface area contributed by atoms with E-state index < -0.39 is 0 Å². The van der Waals surface area contributed by atoms with Gasteiger partial charge in [0.05, 0.1) is 54.1 Å². The fourth-order valence-electron chi connectivity index (χ4n) is 13.6. The average molecular weight is 1340 g/mol. The molecule has 1 aliphatic rings. The number of rotatable bonds is 6. The average Bonchev–Trinajstić information content (AvgIpc) is 1.30. The van der Waals surface area contributed by atoms with Gasteiger partial charge in [-0.1, -0.05) is 271 Å². The number of para-hydroxylation sites is 2. The van der Waals surface area contributed by atoms with Gasteiger partial charge in [-0.25, -0.2) is 19.9 Å². The topological polar surface area (TPSA) is 70.0 Å². The molecule has 0 aliphatic carbocycles. The number of fused-ring (bicyclic) bond motifs is 18. The Morgan fingerprint density at radius 3 is 0.979 bits per heavy atom. The highest BCUT2D eigenvalue weighted by atomic mass is 79.9. The van der Waals surface area contributed by atoms with E-state index in [2.05, 4.69) is 303 Å². The molecule has 0 amide bonds. The summed E-state index contributed by atoms with van der Waals surface area (Å²) in [5, 5.41) is 19.2. The van der Waals surface area contributed by atoms with E-state index in [1.807, 2.05) is 36.4 Å². The molecule has 0 N–H and O–H groups in total. The van der Waals surface area contributed by atoms with Crippen molar-refractivity contribution in [3.63, 3.8) is 0 Å². The summed E-state index contributed by atoms with van der Waals surface area (Å²) in [6.07, 6.45) is 0. The van der Waals surface area contributed by atoms with Crippen molar-refractivity contribution < 1.29 is 9.31 Å². The van der Waals surface area contributed by atoms with E-state index >= 15 is 0 Å². The molecular formula is C86H60BBrN4O2S2. The maximum atomic E-state index is 6.27. The van der Waals surface area contributed by atoms with Crippen LogP contribution in [0.4, 0.5) is 0 Å². The number of benzene rings is 14. The van der Waals surface area contributed by atoms with E-state index in [0.717, 1.165) is 75.5 Å². The van der Waals surface area contributed by atoms with Crippen LogP contribution in [0.15, 0.2) is 296 Å². The van der Waals surface area contributed by atoms with Crippen LogP contribution >= 0.6 is 38.6 Å². The summed E-state index contributed by atoms with van der Waals surface area (Å²) >= 11 is 6.90. The van der Waals surface area contributed by atoms with Crippen LogP contribution in [0, 0.1) is 0 Å². The van der Waals surface area contributed by atoms with Gasteiger partial charge in [0.25, 0.3) is 0 Å². The normalized spacial score (nSPS) is 13.5. The first kappa shape index (κ1) is 59.4. The molecule has 4 aromatic heterocycles. The van der Waals surface area contributed by atoms with Crippen LogP contribution in [0.2, 0.25) is 0 Å². The first-order valence-electron chi connectivity index (χ1n) is 32.4. The Kier molecular flexibility index (Phi) is 15.0. The Bertz CT molecular complexity index is 5970. The number of halogens is 1. The van der Waals surface area contributed by atoms with Crippen molar-refractivity contribution in [1.29, 1.82) is 0 Å². The van der Waals surface area contributed by atoms with E-state index in [1.54, 1.807) is 22.7 Å². The van der Waals surface area contributed by atoms with E-state index in [-0.39, 0.29) is 18.3 Å². The third kappa shape index (κ3) is 10.6. The molecule has 0 spiro atoms. The SMILES string of the molecule is Brc1ccc(-c2nc3ccccc3s2)cc1.CC1(C)OB(c2ccc(-c3nc4c5ccccc5c5ccccc5c4c4ccccc34)cc2)OC1(C)C.c1ccc2sc(-c3ccc(-c4ccc(-c5nc6c7ccccc7c7ccccc7c6c6ccccc56)cc4)cc3)nc2c1. The van der Waals surface area contributed by atoms with Gasteiger partial charge in [-0.15, -0.1) is 22.7 Å². The summed E-state index contributed by atoms with van der Waals surface area (Å²) in [5.74, 6) is 0. The number of nitrogens with zero attached hydrogens (tertiary/aromatic N) is 4. The molecule has 1 aliphatic heterocycles. The summed E-state index contributed by atoms with van der Waals surface area (Å²) in [6, 6.07) is 103. The van der Waals surface area contributed by atoms with Crippen LogP contribution in [0.25, 0.3) is 162 Å². The van der Waals surface area contributed by atoms with Crippen LogP contribution in [-0.4, -0.2) is 38.3 Å². The Morgan fingerprint density at radius 2 is 0.583 bits per heavy atom. The minimum absolute atomic E-state index is 0.365. The molecule has 1 fully saturated rings. The number of aromatic nitrogens is 4. The Labute approximate surface area is 572 Å². The van der Waals surface area contributed by atoms with Gasteiger partial charge in [0.15, 0.2) is 0 Å². The quantitative estimate of drug-likeness (QED) is 0.122. The lowest BCUT2D eigenvalue weighted by Gasteiger charge is -2.32. The molecule has 10 heteroatoms. The number of hydrogen-bond donors (Lipinski definition) is 0. The maximum absolute atomic E-state index is 6.27. The first-order valence-corrected chi connectivity index (χ1v) is 34.8. The summed E-state index contributed by atoms with van der Waals surface area (Å²) in [5.41, 5.74) is 13.4. The molecule has 0 atom stereocenters. The monoisotopic (exact) mass is 1330 g/mol. The summed E-state index contributed by atoms with van der Waals surface area (Å²) < 4.78 is 16.1. The van der Waals surface area contributed by atoms with Gasteiger partial charge in [-0.05, 0) is 124 Å². The standard InChI is InChI=1S/C40H24N2S.C33H28BNO2.C13H8BrNS/c1-3-11-31-29(9-1)30-10-2-5-13-33(30)39-37(31)32-12-4-6-14-34(32)38(42-39)27-21-17-25(18-22-27)26-19-23-28(24-20-26)40-41-35-15-7-8-16-36(35)43-40;1-32(2)33(3,4)37-34(36-32)22-19-17-21(18-20-22)30-28-16-10-8-14-26(28)29-25-13-7-5-11-23(25)24-12-6-9-15-27(24)31(29)35-30;14-10-7-5-9(6-8-10)13-15-11-3-1-2-4-12(11)16-13/h1-24H;5-20H,1-4H3;1-8H. The van der Waals surface area contributed by atoms with Crippen molar-refractivity contribution in [1.82, 2.24) is 19.9 Å². The van der Waals surface area contributed by atoms with Crippen LogP contribution in [0.3, 0.4) is 0 Å². The zero-order valence-electron chi connectivity index (χ0n) is 53.1. The zero-order valence-corrected chi connectivity index (χ0v) is 56.3. The minimum atomic E-state index is -0.379. The zero-order chi connectivity index (χ0) is 64.7. The highest BCUT2D eigenvalue weighted by Gasteiger charge is 2.51. The molecule has 0 radical (unpaired) electrons. The Hall–Kier alpha value is -10.3. The van der Waals surface area contributed by atoms with E-state index in [9.17, 15) is 0 Å². The highest BCUT2D eigenvalue weighted by molar-refractivity contribution is 9.10. The molecule has 0 saturated carbocycles. The molecular weight excluding hydrogens is 1280 g/mol. The molecule has 14 aromatic carbocycles. The summed E-state index contributed by atoms with van der Waals surface area (Å²) in [6.45, 7) is 8.34. The van der Waals surface area contributed by atoms with Crippen molar-refractivity contribution in [2.24, 2.45) is 0 Å². The number of thiazole rings is 2. The van der Waals surface area contributed by atoms with E-state index in [1.165, 1.54) is 96.1 Å². The smallest absolute Gasteiger partial charge is 0.399 e. The van der Waals surface area contributed by atoms with Gasteiger partial charge in [-0.2, -0.15) is 0 Å². The van der Waals surface area contributed by atoms with Crippen LogP contribution < -0.4 is 5.46 Å². The fraction of sp³-hybridized carbons (Fsp3) is 0.0698. The van der Waals surface area contributed by atoms with Crippen LogP contribution in [0.1, 0.15) is 27.7 Å². The van der Waals surface area contributed by atoms with Gasteiger partial charge >= 0.3 is 7.12 Å². The second kappa shape index (κ2) is 24.2. The third-order valence-electron chi connectivity index (χ3n) is 19.2. The molecule has 458 valence electrons. The second-order valence-electron chi connectivity index (χ2n) is 25.5. The fourth-order valence-corrected chi connectivity index (χ4v) is 15.8. The summed E-state index contributed by atoms with van der Waals surface area (Å²) in [4.78, 5) is 20.2. The number of hydrogen-bond acceptors (Lipinski definition) is 8. The molecule has 0 bridgehead atoms. The van der Waals surface area contributed by atoms with Crippen LogP contribution in [0.5, 0.6) is 0 Å². The minimum Gasteiger partial charge on any atom is -0.399 e. The third-order valence-corrected chi connectivity index (χ3v) is 21.9. The van der Waals surface area contributed by atoms with Gasteiger partial charge in [-0.3, -0.25) is 0 Å². The first-order chi connectivity index (χ1) is 47.0. The van der Waals surface area contributed by atoms with Crippen molar-refractivity contribution >= 4 is 158 Å². The molecule has 6 nitrogen and oxygen atoms in total. The lowest BCUT2D eigenvalue weighted by molar-refractivity contribution is 0.00578. The molecule has 96 heavy (non-hydrogen) atoms. The van der Waals surface area contributed by atoms with Crippen molar-refractivity contribution in [3.05, 3.63) is 296 Å². The van der Waals surface area contributed by atoms with Crippen LogP contribution in [-0.2, 0) is 9.31 Å². The molecule has 18 aromatic rings. The maximum Gasteiger partial charge on any atom is 0.494 e. The van der Waals surface area contributed by atoms with E-state index in [0.29, 0.717) is 0 Å². The predicted molar refractivity (Wildman–Crippen MR) is 412 cm³/mol. The lowest BCUT2D eigenvalue weighted by Crippen LogP contribution is -2.41. The molecule has 19 rings (SSSR count). The molecule has 1 saturated heterocycles.